The average Bonchev–Trinajstić information content (AvgIpc) is 1.50. The van der Waals surface area contributed by atoms with E-state index in [1.165, 1.54) is 65.3 Å². The number of aryl methyl sites for hydroxylation is 1. The maximum absolute atomic E-state index is 13.0. The zero-order chi connectivity index (χ0) is 76.0. The molecule has 5 saturated carbocycles. The number of rotatable bonds is 21. The topological polar surface area (TPSA) is 279 Å². The first kappa shape index (κ1) is 77.3. The van der Waals surface area contributed by atoms with Crippen molar-refractivity contribution in [3.05, 3.63) is 112 Å². The van der Waals surface area contributed by atoms with Crippen LogP contribution in [0.15, 0.2) is 73.4 Å². The van der Waals surface area contributed by atoms with Gasteiger partial charge in [0.2, 0.25) is 23.8 Å². The molecule has 26 nitrogen and oxygen atoms in total. The number of amides is 1. The number of nitrogens with one attached hydrogen (secondary N) is 3. The molecule has 0 bridgehead atoms. The second kappa shape index (κ2) is 34.9. The van der Waals surface area contributed by atoms with Crippen molar-refractivity contribution >= 4 is 63.3 Å². The van der Waals surface area contributed by atoms with E-state index in [1.807, 2.05) is 47.3 Å². The van der Waals surface area contributed by atoms with E-state index in [9.17, 15) is 15.0 Å². The van der Waals surface area contributed by atoms with Crippen LogP contribution in [-0.2, 0) is 41.6 Å². The lowest BCUT2D eigenvalue weighted by Gasteiger charge is -2.48. The van der Waals surface area contributed by atoms with Gasteiger partial charge in [0.15, 0.2) is 0 Å². The van der Waals surface area contributed by atoms with Gasteiger partial charge in [0.25, 0.3) is 0 Å². The molecule has 17 rings (SSSR count). The van der Waals surface area contributed by atoms with Crippen LogP contribution in [0.25, 0.3) is 38.8 Å². The molecule has 8 aliphatic rings. The second-order valence-electron chi connectivity index (χ2n) is 32.7. The summed E-state index contributed by atoms with van der Waals surface area (Å²) in [6.45, 7) is 19.4. The molecule has 5 N–H and O–H groups in total. The number of carbonyl (C=O) groups excluding carboxylic acids is 1. The highest BCUT2D eigenvalue weighted by atomic mass is 32.1. The number of morpholine rings is 2. The minimum atomic E-state index is -0.201. The van der Waals surface area contributed by atoms with E-state index in [2.05, 4.69) is 125 Å². The Labute approximate surface area is 650 Å². The number of hydrogen-bond acceptors (Lipinski definition) is 23. The van der Waals surface area contributed by atoms with Gasteiger partial charge in [0.05, 0.1) is 116 Å². The van der Waals surface area contributed by atoms with E-state index in [0.717, 1.165) is 197 Å². The molecule has 9 aromatic rings. The third-order valence-electron chi connectivity index (χ3n) is 24.4. The summed E-state index contributed by atoms with van der Waals surface area (Å²) in [4.78, 5) is 49.2. The number of carbonyl (C=O) groups is 1. The van der Waals surface area contributed by atoms with Crippen LogP contribution in [0.3, 0.4) is 0 Å². The Kier molecular flexibility index (Phi) is 24.6. The number of ether oxygens (including phenoxy) is 5. The van der Waals surface area contributed by atoms with Crippen molar-refractivity contribution in [3.8, 4) is 22.3 Å². The van der Waals surface area contributed by atoms with Gasteiger partial charge in [-0.05, 0) is 208 Å². The van der Waals surface area contributed by atoms with Crippen molar-refractivity contribution < 1.29 is 38.7 Å². The van der Waals surface area contributed by atoms with Gasteiger partial charge in [0, 0.05) is 135 Å². The van der Waals surface area contributed by atoms with Crippen molar-refractivity contribution in [1.29, 1.82) is 0 Å². The minimum Gasteiger partial charge on any atom is -0.393 e. The lowest BCUT2D eigenvalue weighted by atomic mass is 9.77. The number of hydrogen-bond donors (Lipinski definition) is 5. The van der Waals surface area contributed by atoms with Crippen molar-refractivity contribution in [2.24, 2.45) is 11.8 Å². The van der Waals surface area contributed by atoms with Crippen LogP contribution in [0.2, 0.25) is 0 Å². The summed E-state index contributed by atoms with van der Waals surface area (Å²) in [5.41, 5.74) is 13.8. The van der Waals surface area contributed by atoms with E-state index in [-0.39, 0.29) is 41.9 Å². The fourth-order valence-corrected chi connectivity index (χ4v) is 19.2. The number of aromatic nitrogens is 12. The minimum absolute atomic E-state index is 0.0225. The summed E-state index contributed by atoms with van der Waals surface area (Å²) in [5, 5.41) is 46.2. The summed E-state index contributed by atoms with van der Waals surface area (Å²) < 4.78 is 33.7. The van der Waals surface area contributed by atoms with Crippen molar-refractivity contribution in [1.82, 2.24) is 63.6 Å². The van der Waals surface area contributed by atoms with Gasteiger partial charge in [-0.1, -0.05) is 19.8 Å². The van der Waals surface area contributed by atoms with Crippen LogP contribution in [-0.4, -0.2) is 203 Å². The molecule has 5 aliphatic carbocycles. The van der Waals surface area contributed by atoms with Crippen LogP contribution in [0.4, 0.5) is 29.5 Å². The molecule has 0 aromatic carbocycles. The zero-order valence-corrected chi connectivity index (χ0v) is 66.5. The summed E-state index contributed by atoms with van der Waals surface area (Å²) in [6, 6.07) is 15.8. The smallest absolute Gasteiger partial charge is 0.241 e. The molecular weight excluding hydrogens is 1410 g/mol. The summed E-state index contributed by atoms with van der Waals surface area (Å²) in [5.74, 6) is 6.77. The van der Waals surface area contributed by atoms with Crippen LogP contribution in [0, 0.1) is 18.8 Å². The number of fused-ring (bicyclic) bond motifs is 4. The average molecular weight is 1520 g/mol. The first-order valence-corrected chi connectivity index (χ1v) is 41.5. The van der Waals surface area contributed by atoms with Gasteiger partial charge in [-0.25, -0.2) is 43.5 Å². The number of anilines is 5. The fraction of sp³-hybridized carbons (Fsp3) is 0.614. The number of aliphatic hydroxyl groups excluding tert-OH is 2. The predicted molar refractivity (Wildman–Crippen MR) is 429 cm³/mol. The van der Waals surface area contributed by atoms with Gasteiger partial charge in [-0.15, -0.1) is 26.6 Å². The molecule has 0 radical (unpaired) electrons. The first-order chi connectivity index (χ1) is 53.5. The molecular formula is C83H114N18O8S. The van der Waals surface area contributed by atoms with Crippen LogP contribution in [0.1, 0.15) is 212 Å². The number of aliphatic hydroxyl groups is 2. The maximum Gasteiger partial charge on any atom is 0.241 e. The molecule has 2 saturated heterocycles. The third kappa shape index (κ3) is 17.6. The Morgan fingerprint density at radius 1 is 0.573 bits per heavy atom. The predicted octanol–water partition coefficient (Wildman–Crippen LogP) is 13.2. The molecule has 3 aliphatic heterocycles. The highest BCUT2D eigenvalue weighted by molar-refractivity contribution is 7.11. The number of thiazole rings is 1. The Balaban J connectivity index is 0.000000131. The second-order valence-corrected chi connectivity index (χ2v) is 33.9. The van der Waals surface area contributed by atoms with Crippen molar-refractivity contribution in [2.45, 2.75) is 229 Å². The zero-order valence-electron chi connectivity index (χ0n) is 65.7. The number of nitrogens with zero attached hydrogens (tertiary/aromatic N) is 15. The van der Waals surface area contributed by atoms with E-state index in [0.29, 0.717) is 80.5 Å². The summed E-state index contributed by atoms with van der Waals surface area (Å²) in [7, 11) is 5.10. The molecule has 7 fully saturated rings. The maximum atomic E-state index is 13.0. The van der Waals surface area contributed by atoms with E-state index in [1.54, 1.807) is 32.7 Å². The Morgan fingerprint density at radius 3 is 1.54 bits per heavy atom. The van der Waals surface area contributed by atoms with Gasteiger partial charge in [-0.2, -0.15) is 0 Å². The van der Waals surface area contributed by atoms with Gasteiger partial charge >= 0.3 is 0 Å². The molecule has 27 heteroatoms. The molecule has 1 spiro atoms. The molecule has 12 heterocycles. The fourth-order valence-electron chi connectivity index (χ4n) is 18.2. The van der Waals surface area contributed by atoms with Crippen molar-refractivity contribution in [3.63, 3.8) is 0 Å². The highest BCUT2D eigenvalue weighted by Crippen LogP contribution is 2.46. The van der Waals surface area contributed by atoms with Crippen LogP contribution >= 0.6 is 11.3 Å². The standard InChI is InChI=1S/C28H38N6O3.C28H43N5O3.C27H33N7O2S/c1-19(17-36-2)31-27-30-16-25-23(15-24(34(25)32-27)20-4-6-22(35)7-5-20)21-8-11-29-26(14-21)33-12-13-37-28(18-33)9-3-10-28;1-19-4-6-22(7-5-19)25-16-24(26-17-29-28(31-33(25)26)30-20(2)18-35-3)21-8-10-23(11-9-21)27(34)32-12-14-36-15-13-32;1-16(15-36-3)30-27-29-12-24-21(11-23(34(24)32-27)18-4-6-20(35)7-5-18)19-8-9-28-26(10-19)33-13-22-25(14-33)37-17(2)31-22/h8,11,14-16,19-20,22,35H,3-7,9-10,12-13,17-18H2,1-2H3,(H,31,32);16-17,19-23H,4-15,18H2,1-3H3,(H,30,31);8-12,16,18,20,35H,4-7,13-15H2,1-3H3,(H,30,32)/t19-,20?,22?;19?,20-,21?,22?,23?;16-,18?,20?/m000/s1. The lowest BCUT2D eigenvalue weighted by Crippen LogP contribution is -2.55. The highest BCUT2D eigenvalue weighted by Gasteiger charge is 2.43. The Bertz CT molecular complexity index is 4540. The lowest BCUT2D eigenvalue weighted by molar-refractivity contribution is -0.140. The number of pyridine rings is 2. The van der Waals surface area contributed by atoms with Gasteiger partial charge in [-0.3, -0.25) is 4.79 Å². The SMILES string of the molecule is COC[C@H](C)Nc1ncc2c(-c3ccnc(N4CCOC5(CCC5)C4)c3)cc(C3CCC(O)CC3)n2n1.COC[C@H](C)Nc1ncc2c(-c3ccnc(N4Cc5nc(C)sc5C4)c3)cc(C3CCC(O)CC3)n2n1.COC[C@H](C)Nc1ncc2c(C3CCC(C(=O)N4CCOCC4)CC3)cc(C3CCC(C)CC3)n2n1. The molecule has 3 atom stereocenters. The van der Waals surface area contributed by atoms with E-state index in [4.69, 9.17) is 48.9 Å². The number of methoxy groups -OCH3 is 3. The Morgan fingerprint density at radius 2 is 1.05 bits per heavy atom. The quantitative estimate of drug-likeness (QED) is 0.0447. The van der Waals surface area contributed by atoms with Gasteiger partial charge in [0.1, 0.15) is 11.6 Å². The largest absolute Gasteiger partial charge is 0.393 e. The normalized spacial score (nSPS) is 24.3. The van der Waals surface area contributed by atoms with Crippen LogP contribution in [0.5, 0.6) is 0 Å². The monoisotopic (exact) mass is 1520 g/mol. The van der Waals surface area contributed by atoms with E-state index < -0.39 is 0 Å². The molecule has 0 unspecified atom stereocenters. The molecule has 110 heavy (non-hydrogen) atoms. The molecule has 1 amide bonds. The molecule has 590 valence electrons. The van der Waals surface area contributed by atoms with Crippen molar-refractivity contribution in [2.75, 3.05) is 113 Å². The third-order valence-corrected chi connectivity index (χ3v) is 25.4. The van der Waals surface area contributed by atoms with E-state index >= 15 is 0 Å². The van der Waals surface area contributed by atoms with Gasteiger partial charge < -0.3 is 64.5 Å². The first-order valence-electron chi connectivity index (χ1n) is 40.7. The Hall–Kier alpha value is -8.02. The summed E-state index contributed by atoms with van der Waals surface area (Å²) >= 11 is 1.77. The summed E-state index contributed by atoms with van der Waals surface area (Å²) in [6.07, 6.45) is 28.9. The molecule has 9 aromatic heterocycles. The van der Waals surface area contributed by atoms with Crippen LogP contribution < -0.4 is 25.8 Å².